The first-order valence-electron chi connectivity index (χ1n) is 10.4. The van der Waals surface area contributed by atoms with Gasteiger partial charge in [-0.1, -0.05) is 29.8 Å². The topological polar surface area (TPSA) is 70.1 Å². The average molecular weight is 423 g/mol. The second-order valence-corrected chi connectivity index (χ2v) is 8.24. The third kappa shape index (κ3) is 4.64. The molecule has 1 atom stereocenters. The van der Waals surface area contributed by atoms with Crippen LogP contribution in [0.2, 0.25) is 0 Å². The average Bonchev–Trinajstić information content (AvgIpc) is 2.98. The lowest BCUT2D eigenvalue weighted by Gasteiger charge is -2.26. The molecule has 0 radical (unpaired) electrons. The van der Waals surface area contributed by atoms with E-state index < -0.39 is 17.7 Å². The third-order valence-corrected chi connectivity index (χ3v) is 5.63. The second kappa shape index (κ2) is 9.35. The predicted octanol–water partition coefficient (Wildman–Crippen LogP) is 3.69. The Morgan fingerprint density at radius 3 is 2.35 bits per heavy atom. The van der Waals surface area contributed by atoms with E-state index in [9.17, 15) is 14.7 Å². The highest BCUT2D eigenvalue weighted by molar-refractivity contribution is 6.46. The van der Waals surface area contributed by atoms with Crippen LogP contribution >= 0.6 is 0 Å². The van der Waals surface area contributed by atoms with Crippen molar-refractivity contribution >= 4 is 17.4 Å². The van der Waals surface area contributed by atoms with Crippen LogP contribution in [0.4, 0.5) is 0 Å². The first-order chi connectivity index (χ1) is 14.7. The molecule has 1 fully saturated rings. The van der Waals surface area contributed by atoms with Gasteiger partial charge in [0.15, 0.2) is 0 Å². The Kier molecular flexibility index (Phi) is 6.81. The van der Waals surface area contributed by atoms with Crippen molar-refractivity contribution < 1.29 is 19.4 Å². The van der Waals surface area contributed by atoms with Gasteiger partial charge in [0.05, 0.1) is 18.7 Å². The molecule has 6 heteroatoms. The fraction of sp³-hybridized carbons (Fsp3) is 0.360. The Balaban J connectivity index is 2.11. The zero-order chi connectivity index (χ0) is 22.7. The van der Waals surface area contributed by atoms with Crippen molar-refractivity contribution in [1.82, 2.24) is 9.80 Å². The molecule has 6 nitrogen and oxygen atoms in total. The maximum absolute atomic E-state index is 13.1. The number of rotatable bonds is 7. The zero-order valence-corrected chi connectivity index (χ0v) is 18.8. The fourth-order valence-electron chi connectivity index (χ4n) is 3.94. The van der Waals surface area contributed by atoms with Crippen LogP contribution in [0.5, 0.6) is 5.75 Å². The van der Waals surface area contributed by atoms with Gasteiger partial charge in [-0.3, -0.25) is 9.59 Å². The van der Waals surface area contributed by atoms with Crippen molar-refractivity contribution in [1.29, 1.82) is 0 Å². The predicted molar refractivity (Wildman–Crippen MR) is 121 cm³/mol. The van der Waals surface area contributed by atoms with Gasteiger partial charge >= 0.3 is 0 Å². The Hall–Kier alpha value is -3.12. The van der Waals surface area contributed by atoms with E-state index in [1.807, 2.05) is 57.1 Å². The smallest absolute Gasteiger partial charge is 0.295 e. The van der Waals surface area contributed by atoms with E-state index in [0.717, 1.165) is 29.7 Å². The number of carbonyl (C=O) groups excluding carboxylic acids is 2. The van der Waals surface area contributed by atoms with Gasteiger partial charge in [0, 0.05) is 12.1 Å². The monoisotopic (exact) mass is 422 g/mol. The van der Waals surface area contributed by atoms with Crippen molar-refractivity contribution in [3.05, 3.63) is 70.3 Å². The number of benzene rings is 2. The molecule has 1 aliphatic heterocycles. The summed E-state index contributed by atoms with van der Waals surface area (Å²) in [5.74, 6) is -0.715. The van der Waals surface area contributed by atoms with Crippen LogP contribution in [0.3, 0.4) is 0 Å². The SMILES string of the molecule is COc1ccc(/C(O)=C2\C(=O)C(=O)N(CCCN(C)C)[C@H]2c2ccc(C)cc2)c(C)c1. The number of carbonyl (C=O) groups is 2. The van der Waals surface area contributed by atoms with E-state index in [-0.39, 0.29) is 11.3 Å². The molecule has 1 saturated heterocycles. The molecule has 31 heavy (non-hydrogen) atoms. The molecule has 1 heterocycles. The van der Waals surface area contributed by atoms with Crippen LogP contribution < -0.4 is 4.74 Å². The Bertz CT molecular complexity index is 1010. The molecule has 0 unspecified atom stereocenters. The molecule has 2 aromatic carbocycles. The number of likely N-dealkylation sites (tertiary alicyclic amines) is 1. The van der Waals surface area contributed by atoms with E-state index in [1.54, 1.807) is 30.2 Å². The summed E-state index contributed by atoms with van der Waals surface area (Å²) in [5, 5.41) is 11.2. The highest BCUT2D eigenvalue weighted by atomic mass is 16.5. The van der Waals surface area contributed by atoms with E-state index >= 15 is 0 Å². The van der Waals surface area contributed by atoms with Crippen LogP contribution in [-0.4, -0.2) is 60.9 Å². The minimum absolute atomic E-state index is 0.131. The molecule has 1 aliphatic rings. The van der Waals surface area contributed by atoms with Crippen molar-refractivity contribution in [3.63, 3.8) is 0 Å². The number of aliphatic hydroxyl groups excluding tert-OH is 1. The van der Waals surface area contributed by atoms with E-state index in [2.05, 4.69) is 0 Å². The van der Waals surface area contributed by atoms with Gasteiger partial charge in [-0.2, -0.15) is 0 Å². The number of ether oxygens (including phenoxy) is 1. The van der Waals surface area contributed by atoms with Gasteiger partial charge in [0.1, 0.15) is 11.5 Å². The molecule has 164 valence electrons. The van der Waals surface area contributed by atoms with E-state index in [4.69, 9.17) is 4.74 Å². The summed E-state index contributed by atoms with van der Waals surface area (Å²) in [6, 6.07) is 12.4. The summed E-state index contributed by atoms with van der Waals surface area (Å²) in [6.07, 6.45) is 0.726. The highest BCUT2D eigenvalue weighted by Crippen LogP contribution is 2.40. The van der Waals surface area contributed by atoms with Gasteiger partial charge in [-0.15, -0.1) is 0 Å². The van der Waals surface area contributed by atoms with Gasteiger partial charge in [0.25, 0.3) is 11.7 Å². The number of hydrogen-bond acceptors (Lipinski definition) is 5. The Labute approximate surface area is 183 Å². The van der Waals surface area contributed by atoms with Crippen LogP contribution in [0.15, 0.2) is 48.0 Å². The molecule has 3 rings (SSSR count). The molecule has 1 amide bonds. The number of methoxy groups -OCH3 is 1. The summed E-state index contributed by atoms with van der Waals surface area (Å²) in [5.41, 5.74) is 3.30. The minimum atomic E-state index is -0.650. The summed E-state index contributed by atoms with van der Waals surface area (Å²) in [4.78, 5) is 29.7. The second-order valence-electron chi connectivity index (χ2n) is 8.24. The van der Waals surface area contributed by atoms with Gasteiger partial charge in [-0.25, -0.2) is 0 Å². The number of aryl methyl sites for hydroxylation is 2. The zero-order valence-electron chi connectivity index (χ0n) is 18.8. The fourth-order valence-corrected chi connectivity index (χ4v) is 3.94. The maximum Gasteiger partial charge on any atom is 0.295 e. The lowest BCUT2D eigenvalue weighted by atomic mass is 9.93. The normalized spacial score (nSPS) is 18.1. The van der Waals surface area contributed by atoms with Crippen molar-refractivity contribution in [3.8, 4) is 5.75 Å². The number of Topliss-reactive ketones (excluding diaryl/α,β-unsaturated/α-hetero) is 1. The number of nitrogens with zero attached hydrogens (tertiary/aromatic N) is 2. The largest absolute Gasteiger partial charge is 0.507 e. The first kappa shape index (κ1) is 22.6. The van der Waals surface area contributed by atoms with E-state index in [1.165, 1.54) is 0 Å². The first-order valence-corrected chi connectivity index (χ1v) is 10.4. The van der Waals surface area contributed by atoms with Gasteiger partial charge < -0.3 is 19.6 Å². The molecule has 0 aliphatic carbocycles. The number of aliphatic hydroxyl groups is 1. The Morgan fingerprint density at radius 1 is 1.10 bits per heavy atom. The maximum atomic E-state index is 13.1. The highest BCUT2D eigenvalue weighted by Gasteiger charge is 2.45. The molecule has 0 spiro atoms. The van der Waals surface area contributed by atoms with E-state index in [0.29, 0.717) is 17.9 Å². The van der Waals surface area contributed by atoms with Crippen molar-refractivity contribution in [2.24, 2.45) is 0 Å². The molecule has 1 N–H and O–H groups in total. The quantitative estimate of drug-likeness (QED) is 0.419. The molecule has 2 aromatic rings. The van der Waals surface area contributed by atoms with Crippen LogP contribution in [0.25, 0.3) is 5.76 Å². The number of amides is 1. The summed E-state index contributed by atoms with van der Waals surface area (Å²) >= 11 is 0. The van der Waals surface area contributed by atoms with Crippen LogP contribution in [0.1, 0.15) is 34.7 Å². The van der Waals surface area contributed by atoms with Crippen LogP contribution in [-0.2, 0) is 9.59 Å². The number of hydrogen-bond donors (Lipinski definition) is 1. The van der Waals surface area contributed by atoms with Gasteiger partial charge in [0.2, 0.25) is 0 Å². The molecule has 0 aromatic heterocycles. The summed E-state index contributed by atoms with van der Waals surface area (Å²) in [6.45, 7) is 5.05. The number of ketones is 1. The minimum Gasteiger partial charge on any atom is -0.507 e. The van der Waals surface area contributed by atoms with Crippen molar-refractivity contribution in [2.45, 2.75) is 26.3 Å². The van der Waals surface area contributed by atoms with Gasteiger partial charge in [-0.05, 0) is 70.2 Å². The molecule has 0 saturated carbocycles. The molecular formula is C25H30N2O4. The standard InChI is InChI=1S/C25H30N2O4/c1-16-7-9-18(10-8-16)22-21(23(28)20-12-11-19(31-5)15-17(20)2)24(29)25(30)27(22)14-6-13-26(3)4/h7-12,15,22,28H,6,13-14H2,1-5H3/b23-21+/t22-/m0/s1. The Morgan fingerprint density at radius 2 is 1.77 bits per heavy atom. The lowest BCUT2D eigenvalue weighted by Crippen LogP contribution is -2.32. The summed E-state index contributed by atoms with van der Waals surface area (Å²) in [7, 11) is 5.51. The van der Waals surface area contributed by atoms with Crippen LogP contribution in [0, 0.1) is 13.8 Å². The molecule has 0 bridgehead atoms. The molecular weight excluding hydrogens is 392 g/mol. The third-order valence-electron chi connectivity index (χ3n) is 5.63. The van der Waals surface area contributed by atoms with Crippen molar-refractivity contribution in [2.75, 3.05) is 34.3 Å². The lowest BCUT2D eigenvalue weighted by molar-refractivity contribution is -0.139. The summed E-state index contributed by atoms with van der Waals surface area (Å²) < 4.78 is 5.24.